The third-order valence-corrected chi connectivity index (χ3v) is 14.8. The summed E-state index contributed by atoms with van der Waals surface area (Å²) in [5.41, 5.74) is 16.8. The molecule has 0 atom stereocenters. The minimum absolute atomic E-state index is 0.406. The maximum atomic E-state index is 10.0. The highest BCUT2D eigenvalue weighted by molar-refractivity contribution is 6.14. The van der Waals surface area contributed by atoms with Crippen LogP contribution in [-0.4, -0.2) is 23.7 Å². The highest BCUT2D eigenvalue weighted by atomic mass is 15.0. The topological polar surface area (TPSA) is 136 Å². The number of hydrogen-bond acceptors (Lipinski definition) is 6. The van der Waals surface area contributed by atoms with Crippen molar-refractivity contribution in [1.29, 1.82) is 21.0 Å². The van der Waals surface area contributed by atoms with Gasteiger partial charge in [0.25, 0.3) is 0 Å². The minimum atomic E-state index is 0.406. The zero-order valence-electron chi connectivity index (χ0n) is 40.9. The Kier molecular flexibility index (Phi) is 10.2. The second kappa shape index (κ2) is 17.7. The molecule has 9 heteroatoms. The third-order valence-electron chi connectivity index (χ3n) is 14.8. The van der Waals surface area contributed by atoms with Gasteiger partial charge < -0.3 is 13.7 Å². The molecule has 0 saturated carbocycles. The Bertz CT molecular complexity index is 4770. The molecule has 10 aromatic carbocycles. The van der Waals surface area contributed by atoms with E-state index in [1.165, 1.54) is 10.8 Å². The van der Waals surface area contributed by atoms with Gasteiger partial charge in [-0.1, -0.05) is 103 Å². The summed E-state index contributed by atoms with van der Waals surface area (Å²) in [5.74, 6) is 0.406. The molecule has 0 radical (unpaired) electrons. The van der Waals surface area contributed by atoms with Crippen molar-refractivity contribution in [3.05, 3.63) is 247 Å². The number of benzene rings is 10. The molecule has 77 heavy (non-hydrogen) atoms. The molecule has 9 nitrogen and oxygen atoms in total. The summed E-state index contributed by atoms with van der Waals surface area (Å²) >= 11 is 0. The van der Waals surface area contributed by atoms with Crippen molar-refractivity contribution in [2.45, 2.75) is 0 Å². The molecule has 0 amide bonds. The van der Waals surface area contributed by atoms with Crippen molar-refractivity contribution in [2.24, 2.45) is 0 Å². The summed E-state index contributed by atoms with van der Waals surface area (Å²) in [5, 5.41) is 46.2. The smallest absolute Gasteiger partial charge is 0.161 e. The van der Waals surface area contributed by atoms with Gasteiger partial charge >= 0.3 is 0 Å². The van der Waals surface area contributed by atoms with Crippen LogP contribution in [0.1, 0.15) is 22.3 Å². The zero-order chi connectivity index (χ0) is 51.7. The van der Waals surface area contributed by atoms with Crippen molar-refractivity contribution in [3.8, 4) is 86.4 Å². The second-order valence-electron chi connectivity index (χ2n) is 19.0. The van der Waals surface area contributed by atoms with Crippen molar-refractivity contribution < 1.29 is 0 Å². The van der Waals surface area contributed by atoms with Gasteiger partial charge in [-0.05, 0) is 132 Å². The van der Waals surface area contributed by atoms with Gasteiger partial charge in [0.15, 0.2) is 5.82 Å². The van der Waals surface area contributed by atoms with Crippen molar-refractivity contribution >= 4 is 65.4 Å². The molecule has 14 rings (SSSR count). The first-order chi connectivity index (χ1) is 38.0. The highest BCUT2D eigenvalue weighted by Crippen LogP contribution is 2.41. The molecule has 0 aliphatic carbocycles. The quantitative estimate of drug-likeness (QED) is 0.156. The van der Waals surface area contributed by atoms with Gasteiger partial charge in [0.2, 0.25) is 0 Å². The summed E-state index contributed by atoms with van der Waals surface area (Å²) in [4.78, 5) is 9.89. The Balaban J connectivity index is 0.897. The van der Waals surface area contributed by atoms with E-state index in [-0.39, 0.29) is 0 Å². The van der Waals surface area contributed by atoms with Gasteiger partial charge in [0, 0.05) is 66.1 Å². The van der Waals surface area contributed by atoms with E-state index >= 15 is 0 Å². The molecule has 4 aromatic heterocycles. The van der Waals surface area contributed by atoms with Crippen LogP contribution in [0.5, 0.6) is 0 Å². The molecule has 0 spiro atoms. The van der Waals surface area contributed by atoms with E-state index in [0.29, 0.717) is 50.6 Å². The number of hydrogen-bond donors (Lipinski definition) is 0. The van der Waals surface area contributed by atoms with Gasteiger partial charge in [0.05, 0.1) is 91.0 Å². The molecule has 0 unspecified atom stereocenters. The molecule has 4 heterocycles. The number of rotatable bonds is 7. The van der Waals surface area contributed by atoms with Crippen LogP contribution < -0.4 is 0 Å². The van der Waals surface area contributed by atoms with Gasteiger partial charge in [-0.25, -0.2) is 9.97 Å². The molecule has 0 N–H and O–H groups in total. The van der Waals surface area contributed by atoms with E-state index in [9.17, 15) is 21.0 Å². The first kappa shape index (κ1) is 44.3. The monoisotopic (exact) mass is 979 g/mol. The average Bonchev–Trinajstić information content (AvgIpc) is 4.30. The molecule has 354 valence electrons. The van der Waals surface area contributed by atoms with Gasteiger partial charge in [-0.15, -0.1) is 0 Å². The molecule has 14 aromatic rings. The van der Waals surface area contributed by atoms with E-state index < -0.39 is 0 Å². The van der Waals surface area contributed by atoms with Crippen LogP contribution >= 0.6 is 0 Å². The molecule has 0 fully saturated rings. The molecular formula is C68H37N9. The fourth-order valence-electron chi connectivity index (χ4n) is 11.3. The molecule has 0 saturated heterocycles. The molecule has 0 aliphatic heterocycles. The lowest BCUT2D eigenvalue weighted by atomic mass is 10.00. The van der Waals surface area contributed by atoms with Crippen LogP contribution in [0.15, 0.2) is 224 Å². The van der Waals surface area contributed by atoms with Gasteiger partial charge in [-0.2, -0.15) is 21.0 Å². The first-order valence-electron chi connectivity index (χ1n) is 25.0. The Hall–Kier alpha value is -11.4. The van der Waals surface area contributed by atoms with Crippen molar-refractivity contribution in [1.82, 2.24) is 23.7 Å². The summed E-state index contributed by atoms with van der Waals surface area (Å²) in [7, 11) is 0. The van der Waals surface area contributed by atoms with Crippen LogP contribution in [0.25, 0.3) is 128 Å². The zero-order valence-corrected chi connectivity index (χ0v) is 40.9. The van der Waals surface area contributed by atoms with Crippen LogP contribution in [0.4, 0.5) is 0 Å². The summed E-state index contributed by atoms with van der Waals surface area (Å²) in [6.45, 7) is 0. The second-order valence-corrected chi connectivity index (χ2v) is 19.0. The van der Waals surface area contributed by atoms with E-state index in [2.05, 4.69) is 159 Å². The van der Waals surface area contributed by atoms with E-state index in [4.69, 9.17) is 9.97 Å². The average molecular weight is 980 g/mol. The number of nitriles is 4. The largest absolute Gasteiger partial charge is 0.309 e. The van der Waals surface area contributed by atoms with Gasteiger partial charge in [0.1, 0.15) is 0 Å². The first-order valence-corrected chi connectivity index (χ1v) is 25.0. The Morgan fingerprint density at radius 3 is 1.21 bits per heavy atom. The maximum absolute atomic E-state index is 10.0. The van der Waals surface area contributed by atoms with E-state index in [1.807, 2.05) is 91.0 Å². The van der Waals surface area contributed by atoms with Crippen LogP contribution in [-0.2, 0) is 0 Å². The lowest BCUT2D eigenvalue weighted by Gasteiger charge is -2.12. The highest BCUT2D eigenvalue weighted by Gasteiger charge is 2.21. The van der Waals surface area contributed by atoms with Crippen molar-refractivity contribution in [2.75, 3.05) is 0 Å². The molecule has 0 aliphatic rings. The maximum Gasteiger partial charge on any atom is 0.161 e. The predicted molar refractivity (Wildman–Crippen MR) is 306 cm³/mol. The normalized spacial score (nSPS) is 11.3. The Morgan fingerprint density at radius 1 is 0.286 bits per heavy atom. The van der Waals surface area contributed by atoms with Crippen LogP contribution in [0.2, 0.25) is 0 Å². The lowest BCUT2D eigenvalue weighted by molar-refractivity contribution is 1.16. The number of fused-ring (bicyclic) bond motifs is 9. The summed E-state index contributed by atoms with van der Waals surface area (Å²) < 4.78 is 6.92. The van der Waals surface area contributed by atoms with Crippen molar-refractivity contribution in [3.63, 3.8) is 0 Å². The lowest BCUT2D eigenvalue weighted by Crippen LogP contribution is -1.98. The van der Waals surface area contributed by atoms with E-state index in [0.717, 1.165) is 88.4 Å². The van der Waals surface area contributed by atoms with E-state index in [1.54, 1.807) is 12.1 Å². The summed E-state index contributed by atoms with van der Waals surface area (Å²) in [6.07, 6.45) is 0. The predicted octanol–water partition coefficient (Wildman–Crippen LogP) is 15.9. The number of aromatic nitrogens is 5. The molecule has 0 bridgehead atoms. The fraction of sp³-hybridized carbons (Fsp3) is 0. The standard InChI is InChI=1S/C68H37N9/c69-38-42-17-29-64-56(33-42)57-34-43(39-70)18-30-65(57)77(64)51-28-32-67-59(36-51)58-35-50(76-62-15-7-5-13-54(62)55-14-6-8-16-63(55)76)27-31-66(58)75(67)49-25-23-45(24-26-49)44-19-21-46(22-20-44)60-37-61(52-11-3-1-9-47(52)40-71)74-68(73-60)53-12-4-2-10-48(53)41-72/h1-37H. The van der Waals surface area contributed by atoms with Crippen LogP contribution in [0.3, 0.4) is 0 Å². The molecular weight excluding hydrogens is 943 g/mol. The Morgan fingerprint density at radius 2 is 0.675 bits per heavy atom. The number of nitrogens with zero attached hydrogens (tertiary/aromatic N) is 9. The summed E-state index contributed by atoms with van der Waals surface area (Å²) in [6, 6.07) is 84.7. The Labute approximate surface area is 441 Å². The SMILES string of the molecule is N#Cc1ccc2c(c1)c1cc(C#N)ccc1n2-c1ccc2c(c1)c1cc(-n3c4ccccc4c4ccccc43)ccc1n2-c1ccc(-c2ccc(-c3cc(-c4ccccc4C#N)nc(-c4ccccc4C#N)n3)cc2)cc1. The van der Waals surface area contributed by atoms with Gasteiger partial charge in [-0.3, -0.25) is 0 Å². The number of para-hydroxylation sites is 2. The van der Waals surface area contributed by atoms with Crippen LogP contribution in [0, 0.1) is 45.3 Å². The third kappa shape index (κ3) is 7.13. The fourth-order valence-corrected chi connectivity index (χ4v) is 11.3. The minimum Gasteiger partial charge on any atom is -0.309 e.